The van der Waals surface area contributed by atoms with Crippen LogP contribution in [-0.2, 0) is 0 Å². The third kappa shape index (κ3) is 3.66. The summed E-state index contributed by atoms with van der Waals surface area (Å²) >= 11 is 0. The Morgan fingerprint density at radius 3 is 2.43 bits per heavy atom. The Hall–Kier alpha value is -1.32. The van der Waals surface area contributed by atoms with Crippen LogP contribution in [0.15, 0.2) is 0 Å². The van der Waals surface area contributed by atoms with Gasteiger partial charge in [0, 0.05) is 31.1 Å². The highest BCUT2D eigenvalue weighted by Crippen LogP contribution is 2.31. The van der Waals surface area contributed by atoms with Crippen molar-refractivity contribution < 1.29 is 0 Å². The molecule has 0 radical (unpaired) electrons. The van der Waals surface area contributed by atoms with Gasteiger partial charge in [0.1, 0.15) is 17.5 Å². The van der Waals surface area contributed by atoms with Gasteiger partial charge in [-0.1, -0.05) is 20.3 Å². The number of rotatable bonds is 7. The minimum atomic E-state index is 0.351. The molecule has 0 unspecified atom stereocenters. The molecular weight excluding hydrogens is 260 g/mol. The molecule has 1 aromatic heterocycles. The van der Waals surface area contributed by atoms with Crippen LogP contribution in [0.1, 0.15) is 64.3 Å². The van der Waals surface area contributed by atoms with Gasteiger partial charge in [-0.15, -0.1) is 0 Å². The monoisotopic (exact) mass is 290 g/mol. The van der Waals surface area contributed by atoms with E-state index in [1.54, 1.807) is 0 Å². The summed E-state index contributed by atoms with van der Waals surface area (Å²) in [4.78, 5) is 12.0. The smallest absolute Gasteiger partial charge is 0.137 e. The lowest BCUT2D eigenvalue weighted by atomic mass is 9.85. The van der Waals surface area contributed by atoms with Crippen molar-refractivity contribution in [2.75, 3.05) is 29.9 Å². The fraction of sp³-hybridized carbons (Fsp3) is 0.765. The van der Waals surface area contributed by atoms with Gasteiger partial charge in [0.2, 0.25) is 0 Å². The molecular formula is C17H30N4. The van der Waals surface area contributed by atoms with Crippen LogP contribution < -0.4 is 10.2 Å². The zero-order valence-corrected chi connectivity index (χ0v) is 14.2. The average Bonchev–Trinajstić information content (AvgIpc) is 2.41. The van der Waals surface area contributed by atoms with Gasteiger partial charge in [-0.05, 0) is 39.5 Å². The van der Waals surface area contributed by atoms with Gasteiger partial charge in [0.15, 0.2) is 0 Å². The highest BCUT2D eigenvalue weighted by atomic mass is 15.2. The Morgan fingerprint density at radius 2 is 1.95 bits per heavy atom. The molecule has 1 fully saturated rings. The second kappa shape index (κ2) is 7.10. The maximum atomic E-state index is 4.87. The standard InChI is InChI=1S/C17H30N4/c1-6-18-16-13(5)17(20-15(19-16)12(3)4)21(7-2)11-14-9-8-10-14/h12,14H,6-11H2,1-5H3,(H,18,19,20). The Morgan fingerprint density at radius 1 is 1.24 bits per heavy atom. The van der Waals surface area contributed by atoms with E-state index in [1.807, 2.05) is 0 Å². The summed E-state index contributed by atoms with van der Waals surface area (Å²) < 4.78 is 0. The molecule has 1 aliphatic rings. The van der Waals surface area contributed by atoms with Gasteiger partial charge < -0.3 is 10.2 Å². The second-order valence-electron chi connectivity index (χ2n) is 6.40. The first-order chi connectivity index (χ1) is 10.1. The second-order valence-corrected chi connectivity index (χ2v) is 6.40. The number of hydrogen-bond donors (Lipinski definition) is 1. The molecule has 0 aromatic carbocycles. The fourth-order valence-electron chi connectivity index (χ4n) is 2.78. The topological polar surface area (TPSA) is 41.1 Å². The van der Waals surface area contributed by atoms with Crippen LogP contribution in [-0.4, -0.2) is 29.6 Å². The van der Waals surface area contributed by atoms with Gasteiger partial charge in [0.25, 0.3) is 0 Å². The lowest BCUT2D eigenvalue weighted by Gasteiger charge is -2.33. The molecule has 21 heavy (non-hydrogen) atoms. The Labute approximate surface area is 129 Å². The van der Waals surface area contributed by atoms with E-state index >= 15 is 0 Å². The molecule has 0 bridgehead atoms. The van der Waals surface area contributed by atoms with Crippen molar-refractivity contribution in [3.8, 4) is 0 Å². The van der Waals surface area contributed by atoms with Gasteiger partial charge in [-0.25, -0.2) is 9.97 Å². The molecule has 0 aliphatic heterocycles. The molecule has 1 aromatic rings. The Bertz CT molecular complexity index is 466. The van der Waals surface area contributed by atoms with Gasteiger partial charge in [0.05, 0.1) is 0 Å². The summed E-state index contributed by atoms with van der Waals surface area (Å²) in [6.45, 7) is 13.8. The summed E-state index contributed by atoms with van der Waals surface area (Å²) in [6.07, 6.45) is 4.14. The van der Waals surface area contributed by atoms with E-state index in [0.717, 1.165) is 43.0 Å². The van der Waals surface area contributed by atoms with E-state index in [-0.39, 0.29) is 0 Å². The van der Waals surface area contributed by atoms with Crippen LogP contribution in [0.4, 0.5) is 11.6 Å². The predicted octanol–water partition coefficient (Wildman–Crippen LogP) is 3.97. The maximum absolute atomic E-state index is 4.87. The van der Waals surface area contributed by atoms with Gasteiger partial charge >= 0.3 is 0 Å². The molecule has 0 saturated heterocycles. The summed E-state index contributed by atoms with van der Waals surface area (Å²) in [7, 11) is 0. The summed E-state index contributed by atoms with van der Waals surface area (Å²) in [6, 6.07) is 0. The molecule has 4 heteroatoms. The Kier molecular flexibility index (Phi) is 5.43. The van der Waals surface area contributed by atoms with Crippen LogP contribution >= 0.6 is 0 Å². The zero-order chi connectivity index (χ0) is 15.4. The van der Waals surface area contributed by atoms with Crippen LogP contribution in [0.5, 0.6) is 0 Å². The molecule has 0 atom stereocenters. The van der Waals surface area contributed by atoms with Crippen LogP contribution in [0, 0.1) is 12.8 Å². The van der Waals surface area contributed by atoms with E-state index in [1.165, 1.54) is 24.8 Å². The van der Waals surface area contributed by atoms with Crippen molar-refractivity contribution >= 4 is 11.6 Å². The fourth-order valence-corrected chi connectivity index (χ4v) is 2.78. The van der Waals surface area contributed by atoms with E-state index < -0.39 is 0 Å². The number of anilines is 2. The summed E-state index contributed by atoms with van der Waals surface area (Å²) in [5, 5.41) is 3.39. The van der Waals surface area contributed by atoms with E-state index in [4.69, 9.17) is 9.97 Å². The number of nitrogens with one attached hydrogen (secondary N) is 1. The first kappa shape index (κ1) is 16.1. The normalized spacial score (nSPS) is 15.1. The molecule has 4 nitrogen and oxygen atoms in total. The van der Waals surface area contributed by atoms with E-state index in [9.17, 15) is 0 Å². The highest BCUT2D eigenvalue weighted by Gasteiger charge is 2.23. The molecule has 0 spiro atoms. The van der Waals surface area contributed by atoms with Crippen LogP contribution in [0.25, 0.3) is 0 Å². The van der Waals surface area contributed by atoms with E-state index in [2.05, 4.69) is 44.8 Å². The molecule has 1 aliphatic carbocycles. The van der Waals surface area contributed by atoms with Crippen LogP contribution in [0.3, 0.4) is 0 Å². The minimum absolute atomic E-state index is 0.351. The molecule has 1 N–H and O–H groups in total. The SMILES string of the molecule is CCNc1nc(C(C)C)nc(N(CC)CC2CCC2)c1C. The van der Waals surface area contributed by atoms with Crippen molar-refractivity contribution in [3.05, 3.63) is 11.4 Å². The van der Waals surface area contributed by atoms with Crippen molar-refractivity contribution in [1.82, 2.24) is 9.97 Å². The van der Waals surface area contributed by atoms with Crippen molar-refractivity contribution in [3.63, 3.8) is 0 Å². The molecule has 2 rings (SSSR count). The molecule has 1 heterocycles. The van der Waals surface area contributed by atoms with Crippen molar-refractivity contribution in [1.29, 1.82) is 0 Å². The molecule has 1 saturated carbocycles. The quantitative estimate of drug-likeness (QED) is 0.825. The lowest BCUT2D eigenvalue weighted by Crippen LogP contribution is -2.34. The maximum Gasteiger partial charge on any atom is 0.137 e. The third-order valence-corrected chi connectivity index (χ3v) is 4.38. The van der Waals surface area contributed by atoms with E-state index in [0.29, 0.717) is 5.92 Å². The lowest BCUT2D eigenvalue weighted by molar-refractivity contribution is 0.318. The van der Waals surface area contributed by atoms with Crippen molar-refractivity contribution in [2.45, 2.75) is 59.8 Å². The van der Waals surface area contributed by atoms with Gasteiger partial charge in [-0.2, -0.15) is 0 Å². The average molecular weight is 290 g/mol. The Balaban J connectivity index is 2.33. The summed E-state index contributed by atoms with van der Waals surface area (Å²) in [5.74, 6) is 4.27. The third-order valence-electron chi connectivity index (χ3n) is 4.38. The predicted molar refractivity (Wildman–Crippen MR) is 90.2 cm³/mol. The number of aromatic nitrogens is 2. The van der Waals surface area contributed by atoms with Crippen LogP contribution in [0.2, 0.25) is 0 Å². The summed E-state index contributed by atoms with van der Waals surface area (Å²) in [5.41, 5.74) is 1.18. The highest BCUT2D eigenvalue weighted by molar-refractivity contribution is 5.59. The first-order valence-electron chi connectivity index (χ1n) is 8.44. The minimum Gasteiger partial charge on any atom is -0.370 e. The molecule has 0 amide bonds. The number of hydrogen-bond acceptors (Lipinski definition) is 4. The zero-order valence-electron chi connectivity index (χ0n) is 14.2. The largest absolute Gasteiger partial charge is 0.370 e. The van der Waals surface area contributed by atoms with Crippen molar-refractivity contribution in [2.24, 2.45) is 5.92 Å². The first-order valence-corrected chi connectivity index (χ1v) is 8.44. The van der Waals surface area contributed by atoms with Gasteiger partial charge in [-0.3, -0.25) is 0 Å². The number of nitrogens with zero attached hydrogens (tertiary/aromatic N) is 3. The molecule has 118 valence electrons.